The molecule has 1 aliphatic carbocycles. The van der Waals surface area contributed by atoms with Crippen molar-refractivity contribution in [2.75, 3.05) is 6.54 Å². The second-order valence-corrected chi connectivity index (χ2v) is 3.41. The lowest BCUT2D eigenvalue weighted by atomic mass is 9.94. The Kier molecular flexibility index (Phi) is 2.50. The molecule has 2 N–H and O–H groups in total. The van der Waals surface area contributed by atoms with Gasteiger partial charge in [0.15, 0.2) is 0 Å². The second-order valence-electron chi connectivity index (χ2n) is 3.41. The average molecular weight is 139 g/mol. The predicted octanol–water partition coefficient (Wildman–Crippen LogP) is 1.94. The van der Waals surface area contributed by atoms with E-state index < -0.39 is 0 Å². The van der Waals surface area contributed by atoms with E-state index in [0.29, 0.717) is 0 Å². The van der Waals surface area contributed by atoms with Crippen molar-refractivity contribution < 1.29 is 0 Å². The van der Waals surface area contributed by atoms with E-state index in [1.807, 2.05) is 0 Å². The lowest BCUT2D eigenvalue weighted by Crippen LogP contribution is -2.11. The van der Waals surface area contributed by atoms with Crippen LogP contribution in [-0.2, 0) is 0 Å². The zero-order valence-electron chi connectivity index (χ0n) is 6.93. The fourth-order valence-corrected chi connectivity index (χ4v) is 1.83. The Balaban J connectivity index is 2.39. The highest BCUT2D eigenvalue weighted by atomic mass is 14.5. The van der Waals surface area contributed by atoms with Gasteiger partial charge in [-0.25, -0.2) is 0 Å². The lowest BCUT2D eigenvalue weighted by molar-refractivity contribution is 0.423. The summed E-state index contributed by atoms with van der Waals surface area (Å²) in [5.41, 5.74) is 7.04. The molecule has 0 bridgehead atoms. The van der Waals surface area contributed by atoms with Gasteiger partial charge >= 0.3 is 0 Å². The largest absolute Gasteiger partial charge is 0.330 e. The van der Waals surface area contributed by atoms with E-state index in [2.05, 4.69) is 19.9 Å². The van der Waals surface area contributed by atoms with E-state index >= 15 is 0 Å². The molecular formula is C9H17N. The van der Waals surface area contributed by atoms with E-state index in [9.17, 15) is 0 Å². The first-order chi connectivity index (χ1) is 4.74. The van der Waals surface area contributed by atoms with E-state index in [-0.39, 0.29) is 0 Å². The fraction of sp³-hybridized carbons (Fsp3) is 0.778. The summed E-state index contributed by atoms with van der Waals surface area (Å²) in [7, 11) is 0. The molecule has 1 aliphatic rings. The highest BCUT2D eigenvalue weighted by molar-refractivity contribution is 5.10. The maximum atomic E-state index is 5.49. The minimum atomic E-state index is 0.767. The van der Waals surface area contributed by atoms with Gasteiger partial charge in [0, 0.05) is 0 Å². The molecule has 0 aromatic carbocycles. The van der Waals surface area contributed by atoms with Gasteiger partial charge in [0.1, 0.15) is 0 Å². The summed E-state index contributed by atoms with van der Waals surface area (Å²) in [6.45, 7) is 5.35. The molecule has 58 valence electrons. The van der Waals surface area contributed by atoms with Crippen LogP contribution in [-0.4, -0.2) is 6.54 Å². The molecule has 10 heavy (non-hydrogen) atoms. The molecule has 0 aromatic heterocycles. The Morgan fingerprint density at radius 2 is 2.40 bits per heavy atom. The zero-order valence-corrected chi connectivity index (χ0v) is 6.93. The smallest absolute Gasteiger partial charge is 0.00743 e. The summed E-state index contributed by atoms with van der Waals surface area (Å²) >= 11 is 0. The van der Waals surface area contributed by atoms with Crippen molar-refractivity contribution in [3.8, 4) is 0 Å². The molecule has 2 unspecified atom stereocenters. The third-order valence-electron chi connectivity index (χ3n) is 2.41. The van der Waals surface area contributed by atoms with Gasteiger partial charge in [0.2, 0.25) is 0 Å². The molecule has 0 saturated heterocycles. The third kappa shape index (κ3) is 1.60. The number of rotatable bonds is 2. The molecule has 2 atom stereocenters. The van der Waals surface area contributed by atoms with Crippen molar-refractivity contribution in [1.29, 1.82) is 0 Å². The summed E-state index contributed by atoms with van der Waals surface area (Å²) in [6, 6.07) is 0. The standard InChI is InChI=1S/C9H17N/c1-7-5-8(2)9(6-7)3-4-10/h5,8-9H,3-4,6,10H2,1-2H3. The summed E-state index contributed by atoms with van der Waals surface area (Å²) < 4.78 is 0. The van der Waals surface area contributed by atoms with Gasteiger partial charge in [-0.2, -0.15) is 0 Å². The number of hydrogen-bond acceptors (Lipinski definition) is 1. The minimum Gasteiger partial charge on any atom is -0.330 e. The number of allylic oxidation sites excluding steroid dienone is 2. The fourth-order valence-electron chi connectivity index (χ4n) is 1.83. The lowest BCUT2D eigenvalue weighted by Gasteiger charge is -2.12. The monoisotopic (exact) mass is 139 g/mol. The van der Waals surface area contributed by atoms with Crippen LogP contribution in [0.4, 0.5) is 0 Å². The Bertz CT molecular complexity index is 138. The molecule has 0 heterocycles. The Hall–Kier alpha value is -0.300. The zero-order chi connectivity index (χ0) is 7.56. The Labute approximate surface area is 63.3 Å². The van der Waals surface area contributed by atoms with Crippen LogP contribution >= 0.6 is 0 Å². The van der Waals surface area contributed by atoms with Gasteiger partial charge in [0.05, 0.1) is 0 Å². The molecule has 0 amide bonds. The second kappa shape index (κ2) is 3.20. The maximum Gasteiger partial charge on any atom is -0.00743 e. The number of hydrogen-bond donors (Lipinski definition) is 1. The van der Waals surface area contributed by atoms with Crippen LogP contribution < -0.4 is 5.73 Å². The van der Waals surface area contributed by atoms with Crippen LogP contribution in [0.5, 0.6) is 0 Å². The molecule has 0 fully saturated rings. The molecule has 1 nitrogen and oxygen atoms in total. The first-order valence-corrected chi connectivity index (χ1v) is 4.11. The van der Waals surface area contributed by atoms with Crippen LogP contribution in [0.15, 0.2) is 11.6 Å². The van der Waals surface area contributed by atoms with Crippen molar-refractivity contribution in [2.24, 2.45) is 17.6 Å². The van der Waals surface area contributed by atoms with E-state index in [4.69, 9.17) is 5.73 Å². The van der Waals surface area contributed by atoms with Gasteiger partial charge in [0.25, 0.3) is 0 Å². The van der Waals surface area contributed by atoms with Crippen molar-refractivity contribution in [2.45, 2.75) is 26.7 Å². The van der Waals surface area contributed by atoms with Gasteiger partial charge < -0.3 is 5.73 Å². The van der Waals surface area contributed by atoms with Crippen LogP contribution in [0, 0.1) is 11.8 Å². The van der Waals surface area contributed by atoms with Gasteiger partial charge in [-0.1, -0.05) is 18.6 Å². The summed E-state index contributed by atoms with van der Waals surface area (Å²) in [6.07, 6.45) is 4.84. The van der Waals surface area contributed by atoms with E-state index in [1.54, 1.807) is 5.57 Å². The Morgan fingerprint density at radius 3 is 2.80 bits per heavy atom. The minimum absolute atomic E-state index is 0.767. The summed E-state index contributed by atoms with van der Waals surface area (Å²) in [5.74, 6) is 1.61. The SMILES string of the molecule is CC1=CC(C)C(CCN)C1. The van der Waals surface area contributed by atoms with E-state index in [1.165, 1.54) is 12.8 Å². The molecule has 0 aliphatic heterocycles. The molecule has 0 radical (unpaired) electrons. The van der Waals surface area contributed by atoms with Crippen LogP contribution in [0.25, 0.3) is 0 Å². The molecule has 1 rings (SSSR count). The molecule has 0 aromatic rings. The third-order valence-corrected chi connectivity index (χ3v) is 2.41. The summed E-state index contributed by atoms with van der Waals surface area (Å²) in [4.78, 5) is 0. The topological polar surface area (TPSA) is 26.0 Å². The van der Waals surface area contributed by atoms with Gasteiger partial charge in [-0.3, -0.25) is 0 Å². The normalized spacial score (nSPS) is 32.5. The highest BCUT2D eigenvalue weighted by Gasteiger charge is 2.20. The molecule has 0 saturated carbocycles. The van der Waals surface area contributed by atoms with Crippen LogP contribution in [0.3, 0.4) is 0 Å². The van der Waals surface area contributed by atoms with E-state index in [0.717, 1.165) is 18.4 Å². The first kappa shape index (κ1) is 7.80. The number of nitrogens with two attached hydrogens (primary N) is 1. The van der Waals surface area contributed by atoms with Crippen LogP contribution in [0.2, 0.25) is 0 Å². The Morgan fingerprint density at radius 1 is 1.70 bits per heavy atom. The first-order valence-electron chi connectivity index (χ1n) is 4.11. The van der Waals surface area contributed by atoms with Crippen LogP contribution in [0.1, 0.15) is 26.7 Å². The highest BCUT2D eigenvalue weighted by Crippen LogP contribution is 2.31. The van der Waals surface area contributed by atoms with Gasteiger partial charge in [-0.15, -0.1) is 0 Å². The van der Waals surface area contributed by atoms with Crippen molar-refractivity contribution in [3.63, 3.8) is 0 Å². The van der Waals surface area contributed by atoms with Gasteiger partial charge in [-0.05, 0) is 38.1 Å². The quantitative estimate of drug-likeness (QED) is 0.581. The molecular weight excluding hydrogens is 122 g/mol. The maximum absolute atomic E-state index is 5.49. The average Bonchev–Trinajstić information content (AvgIpc) is 2.13. The van der Waals surface area contributed by atoms with Crippen molar-refractivity contribution in [1.82, 2.24) is 0 Å². The summed E-state index contributed by atoms with van der Waals surface area (Å²) in [5, 5.41) is 0. The molecule has 1 heteroatoms. The van der Waals surface area contributed by atoms with Crippen molar-refractivity contribution >= 4 is 0 Å². The predicted molar refractivity (Wildman–Crippen MR) is 44.7 cm³/mol. The molecule has 0 spiro atoms. The van der Waals surface area contributed by atoms with Crippen molar-refractivity contribution in [3.05, 3.63) is 11.6 Å².